The fraction of sp³-hybridized carbons (Fsp3) is 0.188. The number of hydrogen-bond donors (Lipinski definition) is 1. The lowest BCUT2D eigenvalue weighted by Crippen LogP contribution is -2.12. The number of ketones is 1. The molecule has 0 fully saturated rings. The van der Waals surface area contributed by atoms with Crippen molar-refractivity contribution in [2.45, 2.75) is 20.0 Å². The molecule has 0 amide bonds. The maximum absolute atomic E-state index is 13.5. The summed E-state index contributed by atoms with van der Waals surface area (Å²) in [6, 6.07) is 11.1. The molecule has 0 unspecified atom stereocenters. The minimum absolute atomic E-state index is 0.0613. The Balaban J connectivity index is 2.46. The summed E-state index contributed by atoms with van der Waals surface area (Å²) in [6.45, 7) is 3.75. The summed E-state index contributed by atoms with van der Waals surface area (Å²) in [5.74, 6) is -0.479. The summed E-state index contributed by atoms with van der Waals surface area (Å²) in [7, 11) is 0. The fourth-order valence-electron chi connectivity index (χ4n) is 1.89. The zero-order valence-corrected chi connectivity index (χ0v) is 11.4. The number of carbonyl (C=O) groups is 1. The van der Waals surface area contributed by atoms with Gasteiger partial charge in [0.25, 0.3) is 0 Å². The second kappa shape index (κ2) is 5.74. The van der Waals surface area contributed by atoms with E-state index in [4.69, 9.17) is 10.5 Å². The summed E-state index contributed by atoms with van der Waals surface area (Å²) in [5.41, 5.74) is 6.01. The molecule has 4 heteroatoms. The van der Waals surface area contributed by atoms with Crippen LogP contribution in [0.15, 0.2) is 42.5 Å². The minimum Gasteiger partial charge on any atom is -0.490 e. The van der Waals surface area contributed by atoms with Crippen molar-refractivity contribution in [2.24, 2.45) is 0 Å². The molecule has 0 aromatic heterocycles. The summed E-state index contributed by atoms with van der Waals surface area (Å²) >= 11 is 0. The molecule has 2 rings (SSSR count). The number of para-hydroxylation sites is 2. The van der Waals surface area contributed by atoms with E-state index in [1.165, 1.54) is 18.2 Å². The minimum atomic E-state index is -0.599. The normalized spacial score (nSPS) is 10.6. The Labute approximate surface area is 117 Å². The largest absolute Gasteiger partial charge is 0.490 e. The highest BCUT2D eigenvalue weighted by atomic mass is 19.1. The smallest absolute Gasteiger partial charge is 0.198 e. The molecule has 0 radical (unpaired) electrons. The van der Waals surface area contributed by atoms with Gasteiger partial charge in [0.2, 0.25) is 0 Å². The number of rotatable bonds is 4. The van der Waals surface area contributed by atoms with Crippen LogP contribution in [-0.2, 0) is 0 Å². The first-order valence-electron chi connectivity index (χ1n) is 6.35. The third kappa shape index (κ3) is 2.79. The van der Waals surface area contributed by atoms with Crippen molar-refractivity contribution in [3.63, 3.8) is 0 Å². The average Bonchev–Trinajstić information content (AvgIpc) is 2.41. The van der Waals surface area contributed by atoms with Gasteiger partial charge in [0.15, 0.2) is 5.78 Å². The Morgan fingerprint density at radius 1 is 1.10 bits per heavy atom. The topological polar surface area (TPSA) is 52.3 Å². The molecule has 0 atom stereocenters. The maximum atomic E-state index is 13.5. The summed E-state index contributed by atoms with van der Waals surface area (Å²) in [4.78, 5) is 12.5. The Bertz CT molecular complexity index is 638. The Hall–Kier alpha value is -2.36. The van der Waals surface area contributed by atoms with Gasteiger partial charge >= 0.3 is 0 Å². The van der Waals surface area contributed by atoms with E-state index >= 15 is 0 Å². The van der Waals surface area contributed by atoms with Crippen molar-refractivity contribution in [3.8, 4) is 5.75 Å². The van der Waals surface area contributed by atoms with E-state index in [1.54, 1.807) is 24.3 Å². The molecule has 0 saturated heterocycles. The Morgan fingerprint density at radius 3 is 2.45 bits per heavy atom. The van der Waals surface area contributed by atoms with Crippen LogP contribution in [-0.4, -0.2) is 11.9 Å². The number of anilines is 1. The highest BCUT2D eigenvalue weighted by Gasteiger charge is 2.18. The molecule has 104 valence electrons. The summed E-state index contributed by atoms with van der Waals surface area (Å²) < 4.78 is 19.1. The first-order chi connectivity index (χ1) is 9.50. The number of nitrogens with two attached hydrogens (primary N) is 1. The second-order valence-electron chi connectivity index (χ2n) is 4.69. The zero-order valence-electron chi connectivity index (χ0n) is 11.4. The average molecular weight is 273 g/mol. The standard InChI is InChI=1S/C16H16FNO2/c1-10(2)20-14-9-4-3-6-11(14)16(19)12-7-5-8-13(17)15(12)18/h3-10H,18H2,1-2H3. The molecule has 0 aliphatic heterocycles. The van der Waals surface area contributed by atoms with Gasteiger partial charge in [-0.15, -0.1) is 0 Å². The first-order valence-corrected chi connectivity index (χ1v) is 6.35. The molecule has 0 saturated carbocycles. The van der Waals surface area contributed by atoms with E-state index in [0.717, 1.165) is 0 Å². The number of halogens is 1. The quantitative estimate of drug-likeness (QED) is 0.686. The SMILES string of the molecule is CC(C)Oc1ccccc1C(=O)c1cccc(F)c1N. The van der Waals surface area contributed by atoms with Crippen LogP contribution in [0.2, 0.25) is 0 Å². The molecule has 0 bridgehead atoms. The van der Waals surface area contributed by atoms with E-state index < -0.39 is 5.82 Å². The third-order valence-electron chi connectivity index (χ3n) is 2.79. The first kappa shape index (κ1) is 14.1. The predicted octanol–water partition coefficient (Wildman–Crippen LogP) is 3.43. The molecule has 0 spiro atoms. The highest BCUT2D eigenvalue weighted by Crippen LogP contribution is 2.26. The van der Waals surface area contributed by atoms with Crippen molar-refractivity contribution in [2.75, 3.05) is 5.73 Å². The van der Waals surface area contributed by atoms with E-state index in [2.05, 4.69) is 0 Å². The molecule has 2 aromatic rings. The number of ether oxygens (including phenoxy) is 1. The molecule has 3 nitrogen and oxygen atoms in total. The van der Waals surface area contributed by atoms with Gasteiger partial charge in [-0.05, 0) is 38.1 Å². The molecule has 0 aliphatic carbocycles. The van der Waals surface area contributed by atoms with E-state index in [9.17, 15) is 9.18 Å². The monoisotopic (exact) mass is 273 g/mol. The van der Waals surface area contributed by atoms with Gasteiger partial charge < -0.3 is 10.5 Å². The molecular weight excluding hydrogens is 257 g/mol. The van der Waals surface area contributed by atoms with Gasteiger partial charge in [0, 0.05) is 5.56 Å². The lowest BCUT2D eigenvalue weighted by Gasteiger charge is -2.14. The Morgan fingerprint density at radius 2 is 1.75 bits per heavy atom. The van der Waals surface area contributed by atoms with Crippen LogP contribution in [0, 0.1) is 5.82 Å². The molecular formula is C16H16FNO2. The van der Waals surface area contributed by atoms with Crippen molar-refractivity contribution in [3.05, 3.63) is 59.4 Å². The number of hydrogen-bond acceptors (Lipinski definition) is 3. The van der Waals surface area contributed by atoms with Crippen LogP contribution in [0.3, 0.4) is 0 Å². The lowest BCUT2D eigenvalue weighted by atomic mass is 10.0. The van der Waals surface area contributed by atoms with E-state index in [1.807, 2.05) is 13.8 Å². The third-order valence-corrected chi connectivity index (χ3v) is 2.79. The van der Waals surface area contributed by atoms with Gasteiger partial charge in [0.1, 0.15) is 11.6 Å². The van der Waals surface area contributed by atoms with Crippen molar-refractivity contribution in [1.29, 1.82) is 0 Å². The molecule has 2 aromatic carbocycles. The van der Waals surface area contributed by atoms with Crippen LogP contribution in [0.1, 0.15) is 29.8 Å². The Kier molecular flexibility index (Phi) is 4.03. The van der Waals surface area contributed by atoms with E-state index in [0.29, 0.717) is 11.3 Å². The molecule has 2 N–H and O–H groups in total. The van der Waals surface area contributed by atoms with Crippen molar-refractivity contribution in [1.82, 2.24) is 0 Å². The lowest BCUT2D eigenvalue weighted by molar-refractivity contribution is 0.103. The zero-order chi connectivity index (χ0) is 14.7. The summed E-state index contributed by atoms with van der Waals surface area (Å²) in [5, 5.41) is 0. The highest BCUT2D eigenvalue weighted by molar-refractivity contribution is 6.13. The van der Waals surface area contributed by atoms with Crippen LogP contribution in [0.5, 0.6) is 5.75 Å². The maximum Gasteiger partial charge on any atom is 0.198 e. The van der Waals surface area contributed by atoms with Crippen LogP contribution in [0.25, 0.3) is 0 Å². The van der Waals surface area contributed by atoms with Gasteiger partial charge in [-0.2, -0.15) is 0 Å². The van der Waals surface area contributed by atoms with Gasteiger partial charge in [-0.1, -0.05) is 18.2 Å². The van der Waals surface area contributed by atoms with Crippen LogP contribution < -0.4 is 10.5 Å². The van der Waals surface area contributed by atoms with Gasteiger partial charge in [-0.3, -0.25) is 4.79 Å². The summed E-state index contributed by atoms with van der Waals surface area (Å²) in [6.07, 6.45) is -0.0613. The van der Waals surface area contributed by atoms with Crippen LogP contribution >= 0.6 is 0 Å². The predicted molar refractivity (Wildman–Crippen MR) is 76.5 cm³/mol. The van der Waals surface area contributed by atoms with Gasteiger partial charge in [-0.25, -0.2) is 4.39 Å². The van der Waals surface area contributed by atoms with Crippen molar-refractivity contribution >= 4 is 11.5 Å². The van der Waals surface area contributed by atoms with E-state index in [-0.39, 0.29) is 23.1 Å². The second-order valence-corrected chi connectivity index (χ2v) is 4.69. The number of carbonyl (C=O) groups excluding carboxylic acids is 1. The molecule has 0 aliphatic rings. The number of nitrogen functional groups attached to an aromatic ring is 1. The number of benzene rings is 2. The van der Waals surface area contributed by atoms with Crippen LogP contribution in [0.4, 0.5) is 10.1 Å². The van der Waals surface area contributed by atoms with Gasteiger partial charge in [0.05, 0.1) is 17.4 Å². The molecule has 0 heterocycles. The van der Waals surface area contributed by atoms with Crippen molar-refractivity contribution < 1.29 is 13.9 Å². The molecule has 20 heavy (non-hydrogen) atoms. The fourth-order valence-corrected chi connectivity index (χ4v) is 1.89.